The normalized spacial score (nSPS) is 23.5. The number of amides is 1. The first-order valence-corrected chi connectivity index (χ1v) is 14.0. The lowest BCUT2D eigenvalue weighted by atomic mass is 9.77. The van der Waals surface area contributed by atoms with Crippen LogP contribution >= 0.6 is 0 Å². The molecule has 3 aromatic rings. The summed E-state index contributed by atoms with van der Waals surface area (Å²) in [4.78, 5) is 27.6. The average molecular weight is 524 g/mol. The molecule has 0 radical (unpaired) electrons. The quantitative estimate of drug-likeness (QED) is 0.247. The maximum absolute atomic E-state index is 13.8. The van der Waals surface area contributed by atoms with Crippen LogP contribution in [0, 0.1) is 11.8 Å². The van der Waals surface area contributed by atoms with Gasteiger partial charge in [-0.1, -0.05) is 108 Å². The zero-order valence-corrected chi connectivity index (χ0v) is 22.6. The molecule has 2 fully saturated rings. The van der Waals surface area contributed by atoms with Crippen molar-refractivity contribution in [3.05, 3.63) is 108 Å². The first-order chi connectivity index (χ1) is 19.2. The minimum atomic E-state index is -0.214. The zero-order valence-electron chi connectivity index (χ0n) is 22.6. The molecule has 1 aliphatic heterocycles. The molecule has 6 heteroatoms. The Kier molecular flexibility index (Phi) is 9.05. The molecule has 1 heterocycles. The molecule has 1 saturated heterocycles. The fourth-order valence-electron chi connectivity index (χ4n) is 5.61. The van der Waals surface area contributed by atoms with Crippen LogP contribution in [-0.4, -0.2) is 35.3 Å². The van der Waals surface area contributed by atoms with Gasteiger partial charge in [0.25, 0.3) is 0 Å². The van der Waals surface area contributed by atoms with Gasteiger partial charge in [0.05, 0.1) is 0 Å². The maximum Gasteiger partial charge on any atom is 0.226 e. The van der Waals surface area contributed by atoms with E-state index >= 15 is 0 Å². The molecule has 0 unspecified atom stereocenters. The van der Waals surface area contributed by atoms with E-state index in [0.717, 1.165) is 42.8 Å². The van der Waals surface area contributed by atoms with Crippen molar-refractivity contribution in [3.8, 4) is 0 Å². The van der Waals surface area contributed by atoms with Crippen LogP contribution in [0.3, 0.4) is 0 Å². The van der Waals surface area contributed by atoms with Gasteiger partial charge < -0.3 is 14.6 Å². The van der Waals surface area contributed by atoms with Crippen molar-refractivity contribution >= 4 is 17.3 Å². The monoisotopic (exact) mass is 523 g/mol. The van der Waals surface area contributed by atoms with Crippen molar-refractivity contribution in [1.82, 2.24) is 4.90 Å². The van der Waals surface area contributed by atoms with Gasteiger partial charge in [0, 0.05) is 31.8 Å². The molecule has 1 saturated carbocycles. The summed E-state index contributed by atoms with van der Waals surface area (Å²) in [7, 11) is 0. The first-order valence-electron chi connectivity index (χ1n) is 14.0. The predicted molar refractivity (Wildman–Crippen MR) is 154 cm³/mol. The molecule has 1 amide bonds. The van der Waals surface area contributed by atoms with Gasteiger partial charge in [-0.15, -0.1) is 0 Å². The summed E-state index contributed by atoms with van der Waals surface area (Å²) in [5, 5.41) is 9.23. The number of rotatable bonds is 8. The fraction of sp³-hybridized carbons (Fsp3) is 0.364. The van der Waals surface area contributed by atoms with Crippen LogP contribution in [0.4, 0.5) is 0 Å². The molecule has 3 aromatic carbocycles. The zero-order chi connectivity index (χ0) is 26.9. The third-order valence-electron chi connectivity index (χ3n) is 7.89. The van der Waals surface area contributed by atoms with Gasteiger partial charge in [0.15, 0.2) is 0 Å². The van der Waals surface area contributed by atoms with Gasteiger partial charge in [-0.2, -0.15) is 0 Å². The van der Waals surface area contributed by atoms with Crippen LogP contribution in [0.1, 0.15) is 55.2 Å². The number of hydrogen-bond donors (Lipinski definition) is 0. The van der Waals surface area contributed by atoms with E-state index in [9.17, 15) is 4.79 Å². The van der Waals surface area contributed by atoms with Crippen molar-refractivity contribution < 1.29 is 14.5 Å². The summed E-state index contributed by atoms with van der Waals surface area (Å²) in [6.07, 6.45) is 3.23. The van der Waals surface area contributed by atoms with Crippen molar-refractivity contribution in [2.24, 2.45) is 22.1 Å². The molecule has 3 atom stereocenters. The third-order valence-corrected chi connectivity index (χ3v) is 7.89. The molecule has 5 rings (SSSR count). The Morgan fingerprint density at radius 3 is 1.77 bits per heavy atom. The highest BCUT2D eigenvalue weighted by Gasteiger charge is 2.40. The molecule has 202 valence electrons. The summed E-state index contributed by atoms with van der Waals surface area (Å²) >= 11 is 0. The molecule has 2 aliphatic rings. The lowest BCUT2D eigenvalue weighted by Crippen LogP contribution is -2.38. The van der Waals surface area contributed by atoms with Crippen molar-refractivity contribution in [2.75, 3.05) is 13.1 Å². The van der Waals surface area contributed by atoms with Crippen molar-refractivity contribution in [2.45, 2.75) is 51.7 Å². The average Bonchev–Trinajstić information content (AvgIpc) is 3.49. The lowest BCUT2D eigenvalue weighted by molar-refractivity contribution is -0.136. The fourth-order valence-corrected chi connectivity index (χ4v) is 5.61. The number of oxime groups is 2. The molecule has 0 spiro atoms. The van der Waals surface area contributed by atoms with E-state index in [1.54, 1.807) is 0 Å². The topological polar surface area (TPSA) is 63.5 Å². The minimum absolute atomic E-state index is 0.0987. The largest absolute Gasteiger partial charge is 0.391 e. The molecule has 39 heavy (non-hydrogen) atoms. The standard InChI is InChI=1S/C33H37N3O3/c1-25-29(28-17-9-4-10-18-28)21-31(34-38-23-26-13-5-2-6-14-26)32(35-39-24-27-15-7-3-8-16-27)22-30(25)33(37)36-19-11-12-20-36/h2-10,13-18,25,29-30H,11-12,19-24H2,1H3/t25-,29-,30+/m1/s1. The second-order valence-electron chi connectivity index (χ2n) is 10.5. The smallest absolute Gasteiger partial charge is 0.226 e. The van der Waals surface area contributed by atoms with Crippen molar-refractivity contribution in [3.63, 3.8) is 0 Å². The summed E-state index contributed by atoms with van der Waals surface area (Å²) in [5.41, 5.74) is 4.73. The van der Waals surface area contributed by atoms with E-state index in [1.165, 1.54) is 5.56 Å². The number of nitrogens with zero attached hydrogens (tertiary/aromatic N) is 3. The second-order valence-corrected chi connectivity index (χ2v) is 10.5. The van der Waals surface area contributed by atoms with E-state index in [4.69, 9.17) is 9.68 Å². The highest BCUT2D eigenvalue weighted by Crippen LogP contribution is 2.39. The van der Waals surface area contributed by atoms with E-state index < -0.39 is 0 Å². The van der Waals surface area contributed by atoms with E-state index in [2.05, 4.69) is 41.5 Å². The van der Waals surface area contributed by atoms with E-state index in [1.807, 2.05) is 71.6 Å². The Morgan fingerprint density at radius 2 is 1.23 bits per heavy atom. The van der Waals surface area contributed by atoms with E-state index in [-0.39, 0.29) is 23.7 Å². The predicted octanol–water partition coefficient (Wildman–Crippen LogP) is 6.58. The number of benzene rings is 3. The van der Waals surface area contributed by atoms with Gasteiger partial charge >= 0.3 is 0 Å². The maximum atomic E-state index is 13.8. The molecule has 0 aromatic heterocycles. The summed E-state index contributed by atoms with van der Waals surface area (Å²) in [5.74, 6) is 0.197. The molecular formula is C33H37N3O3. The number of hydrogen-bond acceptors (Lipinski definition) is 5. The van der Waals surface area contributed by atoms with Crippen LogP contribution < -0.4 is 0 Å². The van der Waals surface area contributed by atoms with Crippen LogP contribution in [0.25, 0.3) is 0 Å². The number of carbonyl (C=O) groups is 1. The Morgan fingerprint density at radius 1 is 0.744 bits per heavy atom. The lowest BCUT2D eigenvalue weighted by Gasteiger charge is -2.30. The van der Waals surface area contributed by atoms with E-state index in [0.29, 0.717) is 31.8 Å². The van der Waals surface area contributed by atoms with Gasteiger partial charge in [-0.3, -0.25) is 4.79 Å². The molecule has 6 nitrogen and oxygen atoms in total. The highest BCUT2D eigenvalue weighted by molar-refractivity contribution is 6.42. The van der Waals surface area contributed by atoms with Gasteiger partial charge in [-0.05, 0) is 41.4 Å². The SMILES string of the molecule is C[C@H]1[C@@H](C(=O)N2CCCC2)CC(=NOCc2ccccc2)C(=NOCc2ccccc2)C[C@H]1c1ccccc1. The van der Waals surface area contributed by atoms with Gasteiger partial charge in [0.1, 0.15) is 24.6 Å². The van der Waals surface area contributed by atoms with Gasteiger partial charge in [0.2, 0.25) is 5.91 Å². The first kappa shape index (κ1) is 26.7. The molecular weight excluding hydrogens is 486 g/mol. The third kappa shape index (κ3) is 6.94. The summed E-state index contributed by atoms with van der Waals surface area (Å²) in [6.45, 7) is 4.58. The van der Waals surface area contributed by atoms with Crippen molar-refractivity contribution in [1.29, 1.82) is 0 Å². The van der Waals surface area contributed by atoms with Crippen LogP contribution in [0.5, 0.6) is 0 Å². The number of likely N-dealkylation sites (tertiary alicyclic amines) is 1. The Labute approximate surface area is 231 Å². The molecule has 1 aliphatic carbocycles. The summed E-state index contributed by atoms with van der Waals surface area (Å²) in [6, 6.07) is 30.4. The van der Waals surface area contributed by atoms with Gasteiger partial charge in [-0.25, -0.2) is 0 Å². The molecule has 0 bridgehead atoms. The Hall–Kier alpha value is -3.93. The second kappa shape index (κ2) is 13.2. The van der Waals surface area contributed by atoms with Crippen LogP contribution in [0.2, 0.25) is 0 Å². The Balaban J connectivity index is 1.46. The highest BCUT2D eigenvalue weighted by atomic mass is 16.6. The number of carbonyl (C=O) groups excluding carboxylic acids is 1. The van der Waals surface area contributed by atoms with Crippen LogP contribution in [-0.2, 0) is 27.7 Å². The Bertz CT molecular complexity index is 1260. The minimum Gasteiger partial charge on any atom is -0.391 e. The molecule has 0 N–H and O–H groups in total. The van der Waals surface area contributed by atoms with Crippen LogP contribution in [0.15, 0.2) is 101 Å². The summed E-state index contributed by atoms with van der Waals surface area (Å²) < 4.78 is 0.